The summed E-state index contributed by atoms with van der Waals surface area (Å²) in [4.78, 5) is 35.1. The van der Waals surface area contributed by atoms with Crippen LogP contribution in [0.25, 0.3) is 0 Å². The van der Waals surface area contributed by atoms with E-state index in [0.29, 0.717) is 12.2 Å². The molecule has 7 heteroatoms. The van der Waals surface area contributed by atoms with Crippen LogP contribution in [0, 0.1) is 0 Å². The summed E-state index contributed by atoms with van der Waals surface area (Å²) in [6.07, 6.45) is 0.659. The summed E-state index contributed by atoms with van der Waals surface area (Å²) in [7, 11) is 1.57. The van der Waals surface area contributed by atoms with Gasteiger partial charge in [0.1, 0.15) is 12.3 Å². The first-order valence-electron chi connectivity index (χ1n) is 7.27. The van der Waals surface area contributed by atoms with Crippen molar-refractivity contribution in [3.05, 3.63) is 62.7 Å². The average Bonchev–Trinajstić information content (AvgIpc) is 2.56. The quantitative estimate of drug-likeness (QED) is 0.824. The van der Waals surface area contributed by atoms with E-state index in [4.69, 9.17) is 4.74 Å². The van der Waals surface area contributed by atoms with Crippen LogP contribution in [0.3, 0.4) is 0 Å². The van der Waals surface area contributed by atoms with Crippen LogP contribution in [0.5, 0.6) is 5.75 Å². The van der Waals surface area contributed by atoms with Gasteiger partial charge in [-0.2, -0.15) is 0 Å². The summed E-state index contributed by atoms with van der Waals surface area (Å²) < 4.78 is 6.29. The first-order chi connectivity index (χ1) is 11.0. The van der Waals surface area contributed by atoms with Crippen LogP contribution in [0.1, 0.15) is 24.9 Å². The van der Waals surface area contributed by atoms with Gasteiger partial charge in [0.25, 0.3) is 11.1 Å². The van der Waals surface area contributed by atoms with Gasteiger partial charge in [-0.25, -0.2) is 4.68 Å². The molecule has 0 fully saturated rings. The van der Waals surface area contributed by atoms with Crippen LogP contribution in [0.2, 0.25) is 0 Å². The van der Waals surface area contributed by atoms with Gasteiger partial charge in [0.2, 0.25) is 5.91 Å². The molecule has 1 aromatic carbocycles. The molecule has 0 radical (unpaired) electrons. The number of H-pyrrole nitrogens is 1. The van der Waals surface area contributed by atoms with Crippen LogP contribution in [0.15, 0.2) is 46.0 Å². The van der Waals surface area contributed by atoms with E-state index in [0.717, 1.165) is 22.4 Å². The third-order valence-electron chi connectivity index (χ3n) is 3.45. The molecule has 0 aliphatic heterocycles. The Morgan fingerprint density at radius 3 is 2.70 bits per heavy atom. The highest BCUT2D eigenvalue weighted by Crippen LogP contribution is 2.26. The second-order valence-corrected chi connectivity index (χ2v) is 5.00. The smallest absolute Gasteiger partial charge is 0.265 e. The molecule has 0 saturated heterocycles. The zero-order valence-electron chi connectivity index (χ0n) is 13.0. The Bertz CT molecular complexity index is 794. The lowest BCUT2D eigenvalue weighted by molar-refractivity contribution is -0.122. The maximum Gasteiger partial charge on any atom is 0.265 e. The Hall–Kier alpha value is -2.83. The fourth-order valence-corrected chi connectivity index (χ4v) is 2.32. The molecule has 23 heavy (non-hydrogen) atoms. The van der Waals surface area contributed by atoms with Gasteiger partial charge in [-0.1, -0.05) is 25.1 Å². The second kappa shape index (κ2) is 7.44. The van der Waals surface area contributed by atoms with E-state index in [-0.39, 0.29) is 18.5 Å². The van der Waals surface area contributed by atoms with Crippen molar-refractivity contribution in [3.8, 4) is 5.75 Å². The minimum absolute atomic E-state index is 0.246. The number of aromatic amines is 1. The number of ether oxygens (including phenoxy) is 1. The monoisotopic (exact) mass is 317 g/mol. The predicted octanol–water partition coefficient (Wildman–Crippen LogP) is 0.813. The number of carbonyl (C=O) groups excluding carboxylic acids is 1. The molecule has 1 aromatic heterocycles. The molecule has 0 aliphatic rings. The zero-order valence-corrected chi connectivity index (χ0v) is 13.0. The average molecular weight is 317 g/mol. The molecule has 2 rings (SSSR count). The molecule has 7 nitrogen and oxygen atoms in total. The van der Waals surface area contributed by atoms with Crippen molar-refractivity contribution in [3.63, 3.8) is 0 Å². The molecule has 2 aromatic rings. The molecule has 1 heterocycles. The van der Waals surface area contributed by atoms with Crippen molar-refractivity contribution in [2.45, 2.75) is 25.9 Å². The molecule has 1 amide bonds. The number of nitrogens with zero attached hydrogens (tertiary/aromatic N) is 1. The summed E-state index contributed by atoms with van der Waals surface area (Å²) in [5.74, 6) is 0.316. The number of methoxy groups -OCH3 is 1. The molecule has 2 N–H and O–H groups in total. The highest BCUT2D eigenvalue weighted by Gasteiger charge is 2.17. The molecule has 122 valence electrons. The van der Waals surface area contributed by atoms with E-state index in [1.165, 1.54) is 0 Å². The highest BCUT2D eigenvalue weighted by molar-refractivity contribution is 5.76. The van der Waals surface area contributed by atoms with Crippen molar-refractivity contribution in [2.24, 2.45) is 0 Å². The molecular formula is C16H19N3O4. The van der Waals surface area contributed by atoms with E-state index < -0.39 is 11.1 Å². The number of para-hydroxylation sites is 1. The Labute approximate surface area is 132 Å². The lowest BCUT2D eigenvalue weighted by Crippen LogP contribution is -2.37. The number of amides is 1. The number of carbonyl (C=O) groups is 1. The summed E-state index contributed by atoms with van der Waals surface area (Å²) in [5, 5.41) is 5.18. The SMILES string of the molecule is CC[C@@H](NC(=O)Cn1[nH]c(=O)ccc1=O)c1ccccc1OC. The lowest BCUT2D eigenvalue weighted by Gasteiger charge is -2.20. The number of rotatable bonds is 6. The number of hydrogen-bond donors (Lipinski definition) is 2. The van der Waals surface area contributed by atoms with Crippen LogP contribution in [0.4, 0.5) is 0 Å². The summed E-state index contributed by atoms with van der Waals surface area (Å²) >= 11 is 0. The number of hydrogen-bond acceptors (Lipinski definition) is 4. The van der Waals surface area contributed by atoms with E-state index in [2.05, 4.69) is 10.4 Å². The first-order valence-corrected chi connectivity index (χ1v) is 7.27. The highest BCUT2D eigenvalue weighted by atomic mass is 16.5. The lowest BCUT2D eigenvalue weighted by atomic mass is 10.0. The zero-order chi connectivity index (χ0) is 16.8. The molecule has 0 spiro atoms. The van der Waals surface area contributed by atoms with Crippen LogP contribution in [-0.4, -0.2) is 22.8 Å². The first kappa shape index (κ1) is 16.5. The van der Waals surface area contributed by atoms with Crippen LogP contribution < -0.4 is 21.2 Å². The van der Waals surface area contributed by atoms with E-state index in [9.17, 15) is 14.4 Å². The largest absolute Gasteiger partial charge is 0.496 e. The van der Waals surface area contributed by atoms with E-state index >= 15 is 0 Å². The minimum Gasteiger partial charge on any atom is -0.496 e. The van der Waals surface area contributed by atoms with Gasteiger partial charge >= 0.3 is 0 Å². The molecule has 1 atom stereocenters. The van der Waals surface area contributed by atoms with Crippen molar-refractivity contribution in [1.29, 1.82) is 0 Å². The third-order valence-corrected chi connectivity index (χ3v) is 3.45. The predicted molar refractivity (Wildman–Crippen MR) is 85.5 cm³/mol. The van der Waals surface area contributed by atoms with Crippen molar-refractivity contribution < 1.29 is 9.53 Å². The normalized spacial score (nSPS) is 11.7. The van der Waals surface area contributed by atoms with Crippen molar-refractivity contribution in [1.82, 2.24) is 15.1 Å². The summed E-state index contributed by atoms with van der Waals surface area (Å²) in [6.45, 7) is 1.69. The van der Waals surface area contributed by atoms with Gasteiger partial charge in [-0.05, 0) is 12.5 Å². The molecule has 0 saturated carbocycles. The number of benzene rings is 1. The van der Waals surface area contributed by atoms with E-state index in [1.807, 2.05) is 31.2 Å². The standard InChI is InChI=1S/C16H19N3O4/c1-3-12(11-6-4-5-7-13(11)23-2)17-15(21)10-19-16(22)9-8-14(20)18-19/h4-9,12H,3,10H2,1-2H3,(H,17,21)(H,18,20)/t12-/m1/s1. The Kier molecular flexibility index (Phi) is 5.35. The maximum absolute atomic E-state index is 12.2. The fraction of sp³-hybridized carbons (Fsp3) is 0.312. The molecule has 0 unspecified atom stereocenters. The van der Waals surface area contributed by atoms with E-state index in [1.54, 1.807) is 7.11 Å². The topological polar surface area (TPSA) is 93.2 Å². The Balaban J connectivity index is 2.15. The Morgan fingerprint density at radius 1 is 1.26 bits per heavy atom. The third kappa shape index (κ3) is 4.09. The summed E-state index contributed by atoms with van der Waals surface area (Å²) in [5.41, 5.74) is -0.0148. The molecule has 0 aliphatic carbocycles. The number of aromatic nitrogens is 2. The fourth-order valence-electron chi connectivity index (χ4n) is 2.32. The Morgan fingerprint density at radius 2 is 2.00 bits per heavy atom. The van der Waals surface area contributed by atoms with Gasteiger partial charge in [-0.15, -0.1) is 0 Å². The van der Waals surface area contributed by atoms with Crippen molar-refractivity contribution in [2.75, 3.05) is 7.11 Å². The van der Waals surface area contributed by atoms with Crippen LogP contribution >= 0.6 is 0 Å². The summed E-state index contributed by atoms with van der Waals surface area (Å²) in [6, 6.07) is 9.43. The molecule has 0 bridgehead atoms. The van der Waals surface area contributed by atoms with Gasteiger partial charge in [0.05, 0.1) is 13.2 Å². The van der Waals surface area contributed by atoms with Gasteiger partial charge in [0.15, 0.2) is 0 Å². The maximum atomic E-state index is 12.2. The van der Waals surface area contributed by atoms with Gasteiger partial charge < -0.3 is 10.1 Å². The second-order valence-electron chi connectivity index (χ2n) is 5.00. The molecular weight excluding hydrogens is 298 g/mol. The van der Waals surface area contributed by atoms with Crippen molar-refractivity contribution >= 4 is 5.91 Å². The number of nitrogens with one attached hydrogen (secondary N) is 2. The van der Waals surface area contributed by atoms with Crippen LogP contribution in [-0.2, 0) is 11.3 Å². The van der Waals surface area contributed by atoms with Gasteiger partial charge in [-0.3, -0.25) is 19.5 Å². The van der Waals surface area contributed by atoms with Gasteiger partial charge in [0, 0.05) is 17.7 Å². The minimum atomic E-state index is -0.440.